The maximum atomic E-state index is 12.3. The Labute approximate surface area is 145 Å². The van der Waals surface area contributed by atoms with Gasteiger partial charge in [0.15, 0.2) is 0 Å². The highest BCUT2D eigenvalue weighted by atomic mass is 16.5. The van der Waals surface area contributed by atoms with E-state index in [1.165, 1.54) is 6.07 Å². The van der Waals surface area contributed by atoms with Crippen LogP contribution in [0.25, 0.3) is 0 Å². The van der Waals surface area contributed by atoms with Gasteiger partial charge in [-0.25, -0.2) is 4.98 Å². The zero-order valence-corrected chi connectivity index (χ0v) is 14.5. The van der Waals surface area contributed by atoms with Crippen LogP contribution in [0.15, 0.2) is 23.0 Å². The zero-order chi connectivity index (χ0) is 18.0. The molecule has 1 unspecified atom stereocenters. The number of ether oxygens (including phenoxy) is 2. The first-order chi connectivity index (χ1) is 12.0. The molecule has 3 rings (SSSR count). The number of aromatic amines is 1. The molecular formula is C18H21N3O4. The minimum Gasteiger partial charge on any atom is -0.494 e. The summed E-state index contributed by atoms with van der Waals surface area (Å²) >= 11 is 0. The van der Waals surface area contributed by atoms with Crippen molar-refractivity contribution in [2.24, 2.45) is 0 Å². The number of benzene rings is 1. The van der Waals surface area contributed by atoms with Crippen molar-refractivity contribution >= 4 is 5.91 Å². The topological polar surface area (TPSA) is 93.3 Å². The van der Waals surface area contributed by atoms with Gasteiger partial charge in [0.1, 0.15) is 29.1 Å². The Hall–Kier alpha value is -2.83. The summed E-state index contributed by atoms with van der Waals surface area (Å²) in [5, 5.41) is 2.78. The standard InChI is InChI=1S/C18H21N3O4/c1-4-24-15-6-12-5-10(2)25-16(12)7-13(15)9-19-18(23)14-8-17(22)21-11(3)20-14/h6-8,10H,4-5,9H2,1-3H3,(H,19,23)(H,20,21,22). The molecule has 2 N–H and O–H groups in total. The fourth-order valence-electron chi connectivity index (χ4n) is 2.87. The number of aromatic nitrogens is 2. The maximum absolute atomic E-state index is 12.3. The minimum absolute atomic E-state index is 0.0882. The molecule has 0 bridgehead atoms. The van der Waals surface area contributed by atoms with Gasteiger partial charge in [-0.3, -0.25) is 9.59 Å². The molecule has 0 radical (unpaired) electrons. The van der Waals surface area contributed by atoms with E-state index < -0.39 is 5.91 Å². The van der Waals surface area contributed by atoms with E-state index in [4.69, 9.17) is 9.47 Å². The number of nitrogens with one attached hydrogen (secondary N) is 2. The van der Waals surface area contributed by atoms with E-state index in [1.807, 2.05) is 26.0 Å². The van der Waals surface area contributed by atoms with Crippen molar-refractivity contribution in [1.29, 1.82) is 0 Å². The van der Waals surface area contributed by atoms with Crippen LogP contribution in [-0.2, 0) is 13.0 Å². The number of rotatable bonds is 5. The quantitative estimate of drug-likeness (QED) is 0.862. The number of carbonyl (C=O) groups is 1. The van der Waals surface area contributed by atoms with E-state index in [0.717, 1.165) is 29.0 Å². The number of aryl methyl sites for hydroxylation is 1. The van der Waals surface area contributed by atoms with E-state index in [1.54, 1.807) is 6.92 Å². The van der Waals surface area contributed by atoms with Crippen LogP contribution in [0.1, 0.15) is 41.3 Å². The summed E-state index contributed by atoms with van der Waals surface area (Å²) in [6.07, 6.45) is 0.982. The molecule has 1 aliphatic heterocycles. The van der Waals surface area contributed by atoms with Gasteiger partial charge in [-0.05, 0) is 32.9 Å². The third-order valence-electron chi connectivity index (χ3n) is 3.91. The molecule has 132 valence electrons. The molecule has 0 saturated heterocycles. The SMILES string of the molecule is CCOc1cc2c(cc1CNC(=O)c1cc(=O)[nH]c(C)n1)OC(C)C2. The van der Waals surface area contributed by atoms with Crippen molar-refractivity contribution in [2.45, 2.75) is 39.8 Å². The Balaban J connectivity index is 1.79. The predicted octanol–water partition coefficient (Wildman–Crippen LogP) is 1.73. The molecule has 1 aromatic carbocycles. The third kappa shape index (κ3) is 3.81. The van der Waals surface area contributed by atoms with Gasteiger partial charge in [0, 0.05) is 30.2 Å². The summed E-state index contributed by atoms with van der Waals surface area (Å²) < 4.78 is 11.5. The van der Waals surface area contributed by atoms with E-state index in [-0.39, 0.29) is 23.9 Å². The molecule has 0 aliphatic carbocycles. The second-order valence-corrected chi connectivity index (χ2v) is 6.03. The summed E-state index contributed by atoms with van der Waals surface area (Å²) in [7, 11) is 0. The molecule has 1 atom stereocenters. The van der Waals surface area contributed by atoms with Gasteiger partial charge in [-0.1, -0.05) is 0 Å². The molecule has 7 nitrogen and oxygen atoms in total. The Bertz CT molecular complexity index is 860. The second-order valence-electron chi connectivity index (χ2n) is 6.03. The maximum Gasteiger partial charge on any atom is 0.270 e. The molecule has 25 heavy (non-hydrogen) atoms. The van der Waals surface area contributed by atoms with Crippen molar-refractivity contribution in [2.75, 3.05) is 6.61 Å². The number of carbonyl (C=O) groups excluding carboxylic acids is 1. The predicted molar refractivity (Wildman–Crippen MR) is 92.2 cm³/mol. The van der Waals surface area contributed by atoms with Gasteiger partial charge >= 0.3 is 0 Å². The molecule has 2 aromatic rings. The first-order valence-electron chi connectivity index (χ1n) is 8.27. The zero-order valence-electron chi connectivity index (χ0n) is 14.5. The lowest BCUT2D eigenvalue weighted by atomic mass is 10.1. The van der Waals surface area contributed by atoms with Crippen LogP contribution in [0.5, 0.6) is 11.5 Å². The number of hydrogen-bond acceptors (Lipinski definition) is 5. The van der Waals surface area contributed by atoms with Gasteiger partial charge in [0.2, 0.25) is 0 Å². The Morgan fingerprint density at radius 1 is 1.44 bits per heavy atom. The molecule has 7 heteroatoms. The van der Waals surface area contributed by atoms with E-state index in [2.05, 4.69) is 15.3 Å². The van der Waals surface area contributed by atoms with E-state index in [9.17, 15) is 9.59 Å². The third-order valence-corrected chi connectivity index (χ3v) is 3.91. The largest absolute Gasteiger partial charge is 0.494 e. The van der Waals surface area contributed by atoms with Crippen molar-refractivity contribution in [3.8, 4) is 11.5 Å². The second kappa shape index (κ2) is 6.96. The molecule has 1 aromatic heterocycles. The first-order valence-corrected chi connectivity index (χ1v) is 8.27. The van der Waals surface area contributed by atoms with Gasteiger partial charge in [0.25, 0.3) is 11.5 Å². The summed E-state index contributed by atoms with van der Waals surface area (Å²) in [5.74, 6) is 1.54. The fourth-order valence-corrected chi connectivity index (χ4v) is 2.87. The molecular weight excluding hydrogens is 322 g/mol. The first kappa shape index (κ1) is 17.0. The smallest absolute Gasteiger partial charge is 0.270 e. The Morgan fingerprint density at radius 2 is 2.24 bits per heavy atom. The fraction of sp³-hybridized carbons (Fsp3) is 0.389. The van der Waals surface area contributed by atoms with Crippen molar-refractivity contribution < 1.29 is 14.3 Å². The van der Waals surface area contributed by atoms with Gasteiger partial charge in [-0.2, -0.15) is 0 Å². The van der Waals surface area contributed by atoms with Crippen LogP contribution in [0, 0.1) is 6.92 Å². The minimum atomic E-state index is -0.411. The average molecular weight is 343 g/mol. The highest BCUT2D eigenvalue weighted by Gasteiger charge is 2.22. The highest BCUT2D eigenvalue weighted by molar-refractivity contribution is 5.92. The number of amides is 1. The van der Waals surface area contributed by atoms with Gasteiger partial charge in [0.05, 0.1) is 6.61 Å². The summed E-state index contributed by atoms with van der Waals surface area (Å²) in [6.45, 7) is 6.35. The van der Waals surface area contributed by atoms with Crippen LogP contribution in [0.2, 0.25) is 0 Å². The molecule has 1 amide bonds. The Kier molecular flexibility index (Phi) is 4.74. The van der Waals surface area contributed by atoms with Gasteiger partial charge in [-0.15, -0.1) is 0 Å². The average Bonchev–Trinajstić information content (AvgIpc) is 2.90. The van der Waals surface area contributed by atoms with Crippen molar-refractivity contribution in [1.82, 2.24) is 15.3 Å². The summed E-state index contributed by atoms with van der Waals surface area (Å²) in [5.41, 5.74) is 1.67. The summed E-state index contributed by atoms with van der Waals surface area (Å²) in [6, 6.07) is 5.05. The highest BCUT2D eigenvalue weighted by Crippen LogP contribution is 2.35. The monoisotopic (exact) mass is 343 g/mol. The van der Waals surface area contributed by atoms with Crippen LogP contribution in [0.4, 0.5) is 0 Å². The number of nitrogens with zero attached hydrogens (tertiary/aromatic N) is 1. The number of hydrogen-bond donors (Lipinski definition) is 2. The van der Waals surface area contributed by atoms with Crippen LogP contribution in [-0.4, -0.2) is 28.6 Å². The van der Waals surface area contributed by atoms with Gasteiger partial charge < -0.3 is 19.8 Å². The molecule has 1 aliphatic rings. The molecule has 0 fully saturated rings. The van der Waals surface area contributed by atoms with Crippen molar-refractivity contribution in [3.63, 3.8) is 0 Å². The van der Waals surface area contributed by atoms with Crippen LogP contribution in [0.3, 0.4) is 0 Å². The molecule has 0 spiro atoms. The number of H-pyrrole nitrogens is 1. The van der Waals surface area contributed by atoms with Crippen LogP contribution >= 0.6 is 0 Å². The summed E-state index contributed by atoms with van der Waals surface area (Å²) in [4.78, 5) is 30.3. The molecule has 0 saturated carbocycles. The molecule has 2 heterocycles. The van der Waals surface area contributed by atoms with E-state index >= 15 is 0 Å². The lowest BCUT2D eigenvalue weighted by Crippen LogP contribution is -2.26. The normalized spacial score (nSPS) is 15.4. The van der Waals surface area contributed by atoms with E-state index in [0.29, 0.717) is 12.4 Å². The van der Waals surface area contributed by atoms with Crippen molar-refractivity contribution in [3.05, 3.63) is 51.2 Å². The van der Waals surface area contributed by atoms with Crippen LogP contribution < -0.4 is 20.3 Å². The lowest BCUT2D eigenvalue weighted by Gasteiger charge is -2.13. The number of fused-ring (bicyclic) bond motifs is 1. The Morgan fingerprint density at radius 3 is 2.96 bits per heavy atom. The lowest BCUT2D eigenvalue weighted by molar-refractivity contribution is 0.0945.